The van der Waals surface area contributed by atoms with Crippen LogP contribution in [0.2, 0.25) is 0 Å². The summed E-state index contributed by atoms with van der Waals surface area (Å²) in [5, 5.41) is 4.92. The van der Waals surface area contributed by atoms with E-state index in [0.717, 1.165) is 11.1 Å². The summed E-state index contributed by atoms with van der Waals surface area (Å²) in [7, 11) is 0. The van der Waals surface area contributed by atoms with E-state index in [1.54, 1.807) is 42.4 Å². The molecule has 3 aromatic rings. The van der Waals surface area contributed by atoms with E-state index in [4.69, 9.17) is 14.2 Å². The highest BCUT2D eigenvalue weighted by Crippen LogP contribution is 2.46. The van der Waals surface area contributed by atoms with Crippen molar-refractivity contribution >= 4 is 48.3 Å². The first-order valence-electron chi connectivity index (χ1n) is 15.1. The molecule has 1 fully saturated rings. The largest absolute Gasteiger partial charge is 0.466 e. The first-order valence-corrected chi connectivity index (χ1v) is 16.2. The van der Waals surface area contributed by atoms with E-state index in [2.05, 4.69) is 10.6 Å². The molecule has 2 aromatic carbocycles. The van der Waals surface area contributed by atoms with Crippen LogP contribution in [0.4, 0.5) is 10.6 Å². The fourth-order valence-corrected chi connectivity index (χ4v) is 7.24. The zero-order chi connectivity index (χ0) is 33.6. The van der Waals surface area contributed by atoms with Crippen LogP contribution in [-0.2, 0) is 46.5 Å². The molecule has 0 spiro atoms. The zero-order valence-corrected chi connectivity index (χ0v) is 27.1. The van der Waals surface area contributed by atoms with Gasteiger partial charge in [-0.15, -0.1) is 9.36 Å². The van der Waals surface area contributed by atoms with Gasteiger partial charge in [-0.1, -0.05) is 60.7 Å². The smallest absolute Gasteiger partial charge is 0.408 e. The maximum Gasteiger partial charge on any atom is 0.408 e. The Morgan fingerprint density at radius 1 is 1.04 bits per heavy atom. The number of carbonyl (C=O) groups is 5. The maximum atomic E-state index is 14.3. The Morgan fingerprint density at radius 2 is 1.70 bits per heavy atom. The summed E-state index contributed by atoms with van der Waals surface area (Å²) < 4.78 is 20.0. The van der Waals surface area contributed by atoms with E-state index in [0.29, 0.717) is 30.0 Å². The number of amides is 2. The minimum Gasteiger partial charge on any atom is -0.466 e. The highest BCUT2D eigenvalue weighted by molar-refractivity contribution is 8.00. The monoisotopic (exact) mass is 661 g/mol. The summed E-state index contributed by atoms with van der Waals surface area (Å²) in [5.74, 6) is -0.942. The number of alkyl carbamates (subject to hydrolysis) is 1. The van der Waals surface area contributed by atoms with E-state index < -0.39 is 41.0 Å². The van der Waals surface area contributed by atoms with Crippen LogP contribution in [0.3, 0.4) is 0 Å². The van der Waals surface area contributed by atoms with Crippen molar-refractivity contribution in [2.24, 2.45) is 5.92 Å². The molecule has 2 aliphatic rings. The molecule has 13 heteroatoms. The number of aromatic nitrogens is 2. The molecule has 0 bridgehead atoms. The molecule has 2 heterocycles. The van der Waals surface area contributed by atoms with Gasteiger partial charge in [-0.3, -0.25) is 14.4 Å². The second-order valence-corrected chi connectivity index (χ2v) is 13.2. The van der Waals surface area contributed by atoms with Crippen molar-refractivity contribution in [2.45, 2.75) is 56.9 Å². The summed E-state index contributed by atoms with van der Waals surface area (Å²) in [6, 6.07) is 19.6. The highest BCUT2D eigenvalue weighted by atomic mass is 32.2. The quantitative estimate of drug-likeness (QED) is 0.0926. The molecular formula is C34H37N4O8S+. The Labute approximate surface area is 276 Å². The molecule has 2 amide bonds. The van der Waals surface area contributed by atoms with Gasteiger partial charge >= 0.3 is 12.1 Å². The normalized spacial score (nSPS) is 18.9. The first kappa shape index (κ1) is 33.5. The SMILES string of the molecule is CC(C)(C)OC(=O)NC1C(=O)C2C(C(=O)OC(c3ccccc3)c3ccccc3)=C(C[n+]3ccc(NC=O)n3CCOC=O)CSC12. The van der Waals surface area contributed by atoms with Crippen LogP contribution in [0.25, 0.3) is 0 Å². The number of hydrogen-bond donors (Lipinski definition) is 2. The third-order valence-electron chi connectivity index (χ3n) is 7.78. The average molecular weight is 662 g/mol. The zero-order valence-electron chi connectivity index (χ0n) is 26.3. The Bertz CT molecular complexity index is 1610. The number of Topliss-reactive ketones (excluding diaryl/α,β-unsaturated/α-hetero) is 1. The lowest BCUT2D eigenvalue weighted by Gasteiger charge is -2.46. The minimum atomic E-state index is -0.830. The number of fused-ring (bicyclic) bond motifs is 1. The number of nitrogens with zero attached hydrogens (tertiary/aromatic N) is 2. The third kappa shape index (κ3) is 7.74. The number of nitrogens with one attached hydrogen (secondary N) is 2. The van der Waals surface area contributed by atoms with Gasteiger partial charge in [0, 0.05) is 16.6 Å². The molecule has 5 rings (SSSR count). The third-order valence-corrected chi connectivity index (χ3v) is 9.22. The van der Waals surface area contributed by atoms with Crippen molar-refractivity contribution < 1.29 is 42.9 Å². The molecular weight excluding hydrogens is 624 g/mol. The van der Waals surface area contributed by atoms with Crippen LogP contribution in [0, 0.1) is 5.92 Å². The molecule has 12 nitrogen and oxygen atoms in total. The van der Waals surface area contributed by atoms with E-state index in [9.17, 15) is 24.0 Å². The number of thioether (sulfide) groups is 1. The van der Waals surface area contributed by atoms with Crippen molar-refractivity contribution in [1.82, 2.24) is 10.00 Å². The number of ketones is 1. The highest BCUT2D eigenvalue weighted by Gasteiger charge is 2.57. The number of benzene rings is 2. The van der Waals surface area contributed by atoms with Crippen LogP contribution in [0.1, 0.15) is 38.0 Å². The van der Waals surface area contributed by atoms with E-state index in [-0.39, 0.29) is 31.1 Å². The molecule has 47 heavy (non-hydrogen) atoms. The van der Waals surface area contributed by atoms with Crippen LogP contribution < -0.4 is 15.3 Å². The van der Waals surface area contributed by atoms with Gasteiger partial charge in [0.1, 0.15) is 24.8 Å². The van der Waals surface area contributed by atoms with Crippen molar-refractivity contribution in [3.05, 3.63) is 95.2 Å². The van der Waals surface area contributed by atoms with E-state index in [1.807, 2.05) is 60.7 Å². The van der Waals surface area contributed by atoms with Gasteiger partial charge in [0.2, 0.25) is 6.41 Å². The Balaban J connectivity index is 1.50. The van der Waals surface area contributed by atoms with Crippen LogP contribution in [0.5, 0.6) is 0 Å². The van der Waals surface area contributed by atoms with Crippen LogP contribution >= 0.6 is 11.8 Å². The van der Waals surface area contributed by atoms with Gasteiger partial charge < -0.3 is 24.8 Å². The number of anilines is 1. The van der Waals surface area contributed by atoms with Crippen molar-refractivity contribution in [3.63, 3.8) is 0 Å². The summed E-state index contributed by atoms with van der Waals surface area (Å²) in [5.41, 5.74) is 1.69. The predicted molar refractivity (Wildman–Crippen MR) is 172 cm³/mol. The summed E-state index contributed by atoms with van der Waals surface area (Å²) in [6.07, 6.45) is 0.824. The molecule has 1 saturated carbocycles. The molecule has 1 aliphatic heterocycles. The first-order chi connectivity index (χ1) is 22.6. The van der Waals surface area contributed by atoms with E-state index in [1.165, 1.54) is 11.8 Å². The van der Waals surface area contributed by atoms with Crippen LogP contribution in [0.15, 0.2) is 84.1 Å². The van der Waals surface area contributed by atoms with Crippen LogP contribution in [-0.4, -0.2) is 64.7 Å². The summed E-state index contributed by atoms with van der Waals surface area (Å²) >= 11 is 1.47. The fraction of sp³-hybridized carbons (Fsp3) is 0.353. The number of carbonyl (C=O) groups excluding carboxylic acids is 5. The lowest BCUT2D eigenvalue weighted by atomic mass is 9.71. The predicted octanol–water partition coefficient (Wildman–Crippen LogP) is 3.35. The second-order valence-electron chi connectivity index (χ2n) is 12.1. The standard InChI is InChI=1S/C34H36N4O8S/c1-34(2,3)46-33(43)36-28-29(41)27-26(32(42)45-30(22-10-6-4-7-11-22)23-12-8-5-9-13-23)24(19-47-31(27)28)18-37-15-14-25(35-20-39)38(37)16-17-44-21-40/h4-15,20-21,27-28,30-31H,16-19H2,1-3H3,(H,36,43)/p+1. The molecule has 3 unspecified atom stereocenters. The Hall–Kier alpha value is -4.91. The van der Waals surface area contributed by atoms with Gasteiger partial charge in [-0.2, -0.15) is 11.8 Å². The molecule has 3 atom stereocenters. The number of rotatable bonds is 13. The second kappa shape index (κ2) is 14.7. The molecule has 246 valence electrons. The molecule has 0 saturated heterocycles. The van der Waals surface area contributed by atoms with Crippen molar-refractivity contribution in [1.29, 1.82) is 0 Å². The number of hydrogen-bond acceptors (Lipinski definition) is 9. The lowest BCUT2D eigenvalue weighted by Crippen LogP contribution is -2.65. The van der Waals surface area contributed by atoms with Gasteiger partial charge in [0.15, 0.2) is 30.4 Å². The Morgan fingerprint density at radius 3 is 2.30 bits per heavy atom. The molecule has 1 aromatic heterocycles. The average Bonchev–Trinajstić information content (AvgIpc) is 3.42. The molecule has 0 radical (unpaired) electrons. The molecule has 2 N–H and O–H groups in total. The van der Waals surface area contributed by atoms with Gasteiger partial charge in [-0.05, 0) is 31.9 Å². The molecule has 1 aliphatic carbocycles. The maximum absolute atomic E-state index is 14.3. The van der Waals surface area contributed by atoms with Gasteiger partial charge in [0.25, 0.3) is 6.47 Å². The van der Waals surface area contributed by atoms with E-state index >= 15 is 0 Å². The van der Waals surface area contributed by atoms with Gasteiger partial charge in [-0.25, -0.2) is 9.59 Å². The van der Waals surface area contributed by atoms with Crippen molar-refractivity contribution in [2.75, 3.05) is 17.7 Å². The topological polar surface area (TPSA) is 146 Å². The number of esters is 1. The fourth-order valence-electron chi connectivity index (χ4n) is 5.74. The number of ether oxygens (including phenoxy) is 3. The lowest BCUT2D eigenvalue weighted by molar-refractivity contribution is -0.767. The summed E-state index contributed by atoms with van der Waals surface area (Å²) in [6.45, 7) is 6.00. The summed E-state index contributed by atoms with van der Waals surface area (Å²) in [4.78, 5) is 62.7. The minimum absolute atomic E-state index is 0.0471. The Kier molecular flexibility index (Phi) is 10.4. The van der Waals surface area contributed by atoms with Crippen molar-refractivity contribution in [3.8, 4) is 0 Å². The van der Waals surface area contributed by atoms with Gasteiger partial charge in [0.05, 0.1) is 17.6 Å².